The van der Waals surface area contributed by atoms with Crippen LogP contribution in [0.5, 0.6) is 0 Å². The maximum Gasteiger partial charge on any atom is 0.419 e. The third kappa shape index (κ3) is 3.63. The molecule has 122 valence electrons. The van der Waals surface area contributed by atoms with E-state index in [0.29, 0.717) is 32.0 Å². The van der Waals surface area contributed by atoms with Crippen molar-refractivity contribution in [2.24, 2.45) is 5.92 Å². The van der Waals surface area contributed by atoms with Crippen LogP contribution in [0.25, 0.3) is 0 Å². The van der Waals surface area contributed by atoms with Gasteiger partial charge in [-0.25, -0.2) is 4.98 Å². The highest BCUT2D eigenvalue weighted by atomic mass is 35.5. The van der Waals surface area contributed by atoms with Gasteiger partial charge in [-0.05, 0) is 12.1 Å². The summed E-state index contributed by atoms with van der Waals surface area (Å²) in [6, 6.07) is 2.25. The molecule has 0 aromatic carbocycles. The minimum absolute atomic E-state index is 0.0646. The Bertz CT molecular complexity index is 555. The topological polar surface area (TPSA) is 36.4 Å². The van der Waals surface area contributed by atoms with Crippen molar-refractivity contribution in [1.29, 1.82) is 0 Å². The highest BCUT2D eigenvalue weighted by molar-refractivity contribution is 6.30. The lowest BCUT2D eigenvalue weighted by Crippen LogP contribution is -2.50. The molecule has 1 saturated heterocycles. The largest absolute Gasteiger partial charge is 0.419 e. The number of pyridine rings is 1. The van der Waals surface area contributed by atoms with Gasteiger partial charge in [0.2, 0.25) is 5.91 Å². The van der Waals surface area contributed by atoms with Gasteiger partial charge in [0.15, 0.2) is 0 Å². The van der Waals surface area contributed by atoms with Crippen molar-refractivity contribution in [2.45, 2.75) is 20.0 Å². The standard InChI is InChI=1S/C14H17ClF3N3O/c1-9(2)13(22)21-7-5-20(6-8-21)11-4-3-10(12(15)19-11)14(16,17)18/h3-4,9H,5-8H2,1-2H3. The molecule has 0 spiro atoms. The molecule has 1 aromatic rings. The van der Waals surface area contributed by atoms with Gasteiger partial charge in [-0.2, -0.15) is 13.2 Å². The fourth-order valence-electron chi connectivity index (χ4n) is 2.33. The first-order valence-electron chi connectivity index (χ1n) is 6.97. The average molecular weight is 336 g/mol. The molecule has 0 unspecified atom stereocenters. The summed E-state index contributed by atoms with van der Waals surface area (Å²) in [7, 11) is 0. The molecule has 8 heteroatoms. The second-order valence-corrected chi connectivity index (χ2v) is 5.83. The van der Waals surface area contributed by atoms with Crippen LogP contribution in [0.2, 0.25) is 5.15 Å². The highest BCUT2D eigenvalue weighted by Gasteiger charge is 2.34. The lowest BCUT2D eigenvalue weighted by Gasteiger charge is -2.36. The second kappa shape index (κ2) is 6.32. The Morgan fingerprint density at radius 1 is 1.23 bits per heavy atom. The molecule has 2 rings (SSSR count). The molecule has 2 heterocycles. The molecule has 22 heavy (non-hydrogen) atoms. The predicted molar refractivity (Wildman–Crippen MR) is 77.9 cm³/mol. The molecule has 4 nitrogen and oxygen atoms in total. The third-order valence-corrected chi connectivity index (χ3v) is 3.84. The number of rotatable bonds is 2. The zero-order valence-corrected chi connectivity index (χ0v) is 13.1. The van der Waals surface area contributed by atoms with Crippen LogP contribution in [0.1, 0.15) is 19.4 Å². The lowest BCUT2D eigenvalue weighted by molar-refractivity contribution is -0.138. The van der Waals surface area contributed by atoms with Crippen molar-refractivity contribution in [1.82, 2.24) is 9.88 Å². The summed E-state index contributed by atoms with van der Waals surface area (Å²) in [5.41, 5.74) is -0.938. The van der Waals surface area contributed by atoms with Gasteiger partial charge in [0.1, 0.15) is 11.0 Å². The Morgan fingerprint density at radius 3 is 2.27 bits per heavy atom. The molecule has 0 N–H and O–H groups in total. The summed E-state index contributed by atoms with van der Waals surface area (Å²) < 4.78 is 38.0. The Morgan fingerprint density at radius 2 is 1.82 bits per heavy atom. The van der Waals surface area contributed by atoms with Gasteiger partial charge in [-0.1, -0.05) is 25.4 Å². The Labute approximate surface area is 131 Å². The van der Waals surface area contributed by atoms with Gasteiger partial charge in [0, 0.05) is 32.1 Å². The van der Waals surface area contributed by atoms with E-state index in [9.17, 15) is 18.0 Å². The van der Waals surface area contributed by atoms with Crippen molar-refractivity contribution in [3.8, 4) is 0 Å². The van der Waals surface area contributed by atoms with Gasteiger partial charge < -0.3 is 9.80 Å². The van der Waals surface area contributed by atoms with Crippen molar-refractivity contribution < 1.29 is 18.0 Å². The van der Waals surface area contributed by atoms with Crippen LogP contribution in [0.4, 0.5) is 19.0 Å². The van der Waals surface area contributed by atoms with E-state index in [0.717, 1.165) is 6.07 Å². The molecule has 1 fully saturated rings. The molecule has 1 aliphatic rings. The molecule has 1 amide bonds. The summed E-state index contributed by atoms with van der Waals surface area (Å²) in [5.74, 6) is 0.415. The number of carbonyl (C=O) groups is 1. The first-order chi connectivity index (χ1) is 10.2. The quantitative estimate of drug-likeness (QED) is 0.779. The van der Waals surface area contributed by atoms with Gasteiger partial charge in [-0.3, -0.25) is 4.79 Å². The number of anilines is 1. The average Bonchev–Trinajstić information content (AvgIpc) is 2.45. The van der Waals surface area contributed by atoms with Crippen LogP contribution in [0.3, 0.4) is 0 Å². The Hall–Kier alpha value is -1.50. The van der Waals surface area contributed by atoms with E-state index in [1.807, 2.05) is 18.7 Å². The number of aromatic nitrogens is 1. The van der Waals surface area contributed by atoms with E-state index >= 15 is 0 Å². The summed E-state index contributed by atoms with van der Waals surface area (Å²) in [5, 5.41) is -0.550. The number of amides is 1. The van der Waals surface area contributed by atoms with Crippen molar-refractivity contribution >= 4 is 23.3 Å². The summed E-state index contributed by atoms with van der Waals surface area (Å²) in [4.78, 5) is 19.3. The molecule has 1 aromatic heterocycles. The molecule has 0 aliphatic carbocycles. The summed E-state index contributed by atoms with van der Waals surface area (Å²) in [6.45, 7) is 5.77. The van der Waals surface area contributed by atoms with Crippen LogP contribution < -0.4 is 4.90 Å². The van der Waals surface area contributed by atoms with Crippen LogP contribution in [0, 0.1) is 5.92 Å². The van der Waals surface area contributed by atoms with E-state index in [4.69, 9.17) is 11.6 Å². The zero-order valence-electron chi connectivity index (χ0n) is 12.3. The van der Waals surface area contributed by atoms with Crippen molar-refractivity contribution in [2.75, 3.05) is 31.1 Å². The number of piperazine rings is 1. The second-order valence-electron chi connectivity index (χ2n) is 5.47. The van der Waals surface area contributed by atoms with Crippen molar-refractivity contribution in [3.63, 3.8) is 0 Å². The number of hydrogen-bond donors (Lipinski definition) is 0. The first-order valence-corrected chi connectivity index (χ1v) is 7.35. The normalized spacial score (nSPS) is 16.3. The molecular formula is C14H17ClF3N3O. The van der Waals surface area contributed by atoms with Gasteiger partial charge >= 0.3 is 6.18 Å². The minimum Gasteiger partial charge on any atom is -0.353 e. The maximum absolute atomic E-state index is 12.7. The van der Waals surface area contributed by atoms with Crippen LogP contribution in [-0.4, -0.2) is 42.0 Å². The predicted octanol–water partition coefficient (Wildman–Crippen LogP) is 3.06. The SMILES string of the molecule is CC(C)C(=O)N1CCN(c2ccc(C(F)(F)F)c(Cl)n2)CC1. The van der Waals surface area contributed by atoms with Gasteiger partial charge in [0.05, 0.1) is 5.56 Å². The molecule has 0 saturated carbocycles. The molecular weight excluding hydrogens is 319 g/mol. The summed E-state index contributed by atoms with van der Waals surface area (Å²) in [6.07, 6.45) is -4.51. The molecule has 0 radical (unpaired) electrons. The van der Waals surface area contributed by atoms with Crippen LogP contribution in [0.15, 0.2) is 12.1 Å². The van der Waals surface area contributed by atoms with E-state index in [1.165, 1.54) is 6.07 Å². The smallest absolute Gasteiger partial charge is 0.353 e. The monoisotopic (exact) mass is 335 g/mol. The molecule has 1 aliphatic heterocycles. The van der Waals surface area contributed by atoms with Crippen molar-refractivity contribution in [3.05, 3.63) is 22.8 Å². The van der Waals surface area contributed by atoms with E-state index in [1.54, 1.807) is 4.90 Å². The maximum atomic E-state index is 12.7. The number of nitrogens with zero attached hydrogens (tertiary/aromatic N) is 3. The first kappa shape index (κ1) is 16.9. The number of alkyl halides is 3. The summed E-state index contributed by atoms with van der Waals surface area (Å²) >= 11 is 5.63. The fraction of sp³-hybridized carbons (Fsp3) is 0.571. The van der Waals surface area contributed by atoms with Gasteiger partial charge in [0.25, 0.3) is 0 Å². The number of halogens is 4. The Kier molecular flexibility index (Phi) is 4.84. The van der Waals surface area contributed by atoms with Crippen LogP contribution >= 0.6 is 11.6 Å². The molecule has 0 bridgehead atoms. The van der Waals surface area contributed by atoms with Gasteiger partial charge in [-0.15, -0.1) is 0 Å². The van der Waals surface area contributed by atoms with E-state index < -0.39 is 16.9 Å². The number of carbonyl (C=O) groups excluding carboxylic acids is 1. The minimum atomic E-state index is -4.51. The lowest BCUT2D eigenvalue weighted by atomic mass is 10.1. The van der Waals surface area contributed by atoms with E-state index in [-0.39, 0.29) is 11.8 Å². The highest BCUT2D eigenvalue weighted by Crippen LogP contribution is 2.34. The van der Waals surface area contributed by atoms with Crippen LogP contribution in [-0.2, 0) is 11.0 Å². The van der Waals surface area contributed by atoms with E-state index in [2.05, 4.69) is 4.98 Å². The zero-order chi connectivity index (χ0) is 16.5. The number of hydrogen-bond acceptors (Lipinski definition) is 3. The third-order valence-electron chi connectivity index (χ3n) is 3.55. The Balaban J connectivity index is 2.06. The molecule has 0 atom stereocenters. The fourth-order valence-corrected chi connectivity index (χ4v) is 2.59.